The average Bonchev–Trinajstić information content (AvgIpc) is 3.56. The highest BCUT2D eigenvalue weighted by molar-refractivity contribution is 6.30. The number of amides is 4. The minimum atomic E-state index is -1.73. The zero-order valence-electron chi connectivity index (χ0n) is 29.4. The van der Waals surface area contributed by atoms with Crippen LogP contribution in [0.4, 0.5) is 15.8 Å². The van der Waals surface area contributed by atoms with E-state index in [2.05, 4.69) is 5.43 Å². The molecule has 3 N–H and O–H groups in total. The first-order valence-electron chi connectivity index (χ1n) is 17.4. The molecule has 4 aromatic carbocycles. The highest BCUT2D eigenvalue weighted by Gasteiger charge is 2.71. The van der Waals surface area contributed by atoms with Crippen molar-refractivity contribution in [2.24, 2.45) is 23.7 Å². The Balaban J connectivity index is 1.36. The number of methoxy groups -OCH3 is 2. The summed E-state index contributed by atoms with van der Waals surface area (Å²) in [6.45, 7) is 0. The van der Waals surface area contributed by atoms with E-state index in [0.717, 1.165) is 9.91 Å². The van der Waals surface area contributed by atoms with Gasteiger partial charge in [0.1, 0.15) is 23.1 Å². The van der Waals surface area contributed by atoms with E-state index < -0.39 is 70.4 Å². The second-order valence-electron chi connectivity index (χ2n) is 14.0. The molecule has 0 unspecified atom stereocenters. The largest absolute Gasteiger partial charge is 0.508 e. The molecule has 1 saturated carbocycles. The number of halogens is 2. The van der Waals surface area contributed by atoms with Gasteiger partial charge in [0.2, 0.25) is 11.8 Å². The van der Waals surface area contributed by atoms with Gasteiger partial charge in [-0.15, -0.1) is 0 Å². The van der Waals surface area contributed by atoms with Crippen molar-refractivity contribution in [3.8, 4) is 17.2 Å². The molecule has 2 saturated heterocycles. The standard InChI is InChI=1S/C41H33ClFN3O9/c1-54-31-17-26(47)18-32(55-2)34(31)35-27-14-15-28-33(38(50)45(36(28)48)25-5-3-4-20(16-25)39(51)52)29(27)19-30-37(49)46(44-24-12-10-23(43)11-13-24)40(53)41(30,35)21-6-8-22(42)9-7-21/h3-14,16-18,28-30,33,35,44,47H,15,19H2,1-2H3,(H,51,52)/t28-,29+,30-,33-,35+,41+/m0/s1. The molecule has 2 aliphatic carbocycles. The van der Waals surface area contributed by atoms with Gasteiger partial charge in [-0.2, -0.15) is 5.01 Å². The highest BCUT2D eigenvalue weighted by atomic mass is 35.5. The second-order valence-corrected chi connectivity index (χ2v) is 14.4. The van der Waals surface area contributed by atoms with Gasteiger partial charge in [0, 0.05) is 28.6 Å². The number of benzene rings is 4. The molecule has 0 spiro atoms. The van der Waals surface area contributed by atoms with Crippen molar-refractivity contribution in [3.05, 3.63) is 124 Å². The van der Waals surface area contributed by atoms with Gasteiger partial charge in [0.25, 0.3) is 11.8 Å². The van der Waals surface area contributed by atoms with Crippen molar-refractivity contribution in [2.75, 3.05) is 24.5 Å². The Hall–Kier alpha value is -6.21. The molecule has 0 bridgehead atoms. The monoisotopic (exact) mass is 765 g/mol. The van der Waals surface area contributed by atoms with E-state index in [-0.39, 0.29) is 47.0 Å². The second kappa shape index (κ2) is 13.3. The molecule has 8 rings (SSSR count). The summed E-state index contributed by atoms with van der Waals surface area (Å²) >= 11 is 6.37. The lowest BCUT2D eigenvalue weighted by molar-refractivity contribution is -0.138. The van der Waals surface area contributed by atoms with Crippen LogP contribution in [-0.4, -0.2) is 59.0 Å². The molecular formula is C41H33ClFN3O9. The van der Waals surface area contributed by atoms with Crippen molar-refractivity contribution in [1.29, 1.82) is 0 Å². The minimum absolute atomic E-state index is 0.0387. The Morgan fingerprint density at radius 1 is 0.891 bits per heavy atom. The number of carbonyl (C=O) groups excluding carboxylic acids is 4. The van der Waals surface area contributed by atoms with Gasteiger partial charge in [0.05, 0.1) is 54.3 Å². The fraction of sp³-hybridized carbons (Fsp3) is 0.244. The number of hydrazine groups is 1. The molecule has 3 fully saturated rings. The number of aromatic carboxylic acids is 1. The molecule has 0 radical (unpaired) electrons. The summed E-state index contributed by atoms with van der Waals surface area (Å²) < 4.78 is 25.6. The van der Waals surface area contributed by atoms with Crippen LogP contribution in [-0.2, 0) is 24.6 Å². The van der Waals surface area contributed by atoms with Gasteiger partial charge in [-0.05, 0) is 78.9 Å². The molecule has 14 heteroatoms. The third kappa shape index (κ3) is 5.36. The first kappa shape index (κ1) is 35.8. The third-order valence-corrected chi connectivity index (χ3v) is 11.7. The normalized spacial score (nSPS) is 25.6. The van der Waals surface area contributed by atoms with E-state index in [1.54, 1.807) is 24.3 Å². The van der Waals surface area contributed by atoms with Crippen molar-refractivity contribution in [2.45, 2.75) is 24.2 Å². The maximum absolute atomic E-state index is 15.4. The molecular weight excluding hydrogens is 733 g/mol. The summed E-state index contributed by atoms with van der Waals surface area (Å²) in [5, 5.41) is 21.7. The van der Waals surface area contributed by atoms with E-state index in [1.165, 1.54) is 74.9 Å². The fourth-order valence-electron chi connectivity index (χ4n) is 9.21. The van der Waals surface area contributed by atoms with Crippen LogP contribution in [0.15, 0.2) is 96.6 Å². The summed E-state index contributed by atoms with van der Waals surface area (Å²) in [7, 11) is 2.78. The van der Waals surface area contributed by atoms with Gasteiger partial charge in [-0.3, -0.25) is 29.5 Å². The number of nitrogens with zero attached hydrogens (tertiary/aromatic N) is 2. The van der Waals surface area contributed by atoms with Crippen molar-refractivity contribution in [3.63, 3.8) is 0 Å². The number of carboxylic acid groups (broad SMARTS) is 1. The van der Waals surface area contributed by atoms with Crippen LogP contribution < -0.4 is 19.8 Å². The lowest BCUT2D eigenvalue weighted by atomic mass is 9.49. The molecule has 2 heterocycles. The van der Waals surface area contributed by atoms with Crippen LogP contribution in [0.25, 0.3) is 0 Å². The SMILES string of the molecule is COc1cc(O)cc(OC)c1[C@H]1C2=CC[C@@H]3C(=O)N(c4cccc(C(=O)O)c4)C(=O)[C@@H]3[C@@H]2C[C@H]2C(=O)N(Nc3ccc(F)cc3)C(=O)[C@@]12c1ccc(Cl)cc1. The molecule has 55 heavy (non-hydrogen) atoms. The van der Waals surface area contributed by atoms with Crippen LogP contribution in [0.2, 0.25) is 5.02 Å². The number of imide groups is 2. The van der Waals surface area contributed by atoms with Crippen LogP contribution >= 0.6 is 11.6 Å². The quantitative estimate of drug-likeness (QED) is 0.141. The smallest absolute Gasteiger partial charge is 0.335 e. The van der Waals surface area contributed by atoms with Crippen molar-refractivity contribution < 1.29 is 48.0 Å². The van der Waals surface area contributed by atoms with E-state index in [0.29, 0.717) is 21.7 Å². The summed E-state index contributed by atoms with van der Waals surface area (Å²) in [5.74, 6) is -8.84. The number of fused-ring (bicyclic) bond motifs is 4. The van der Waals surface area contributed by atoms with Crippen LogP contribution in [0.1, 0.15) is 40.2 Å². The first-order chi connectivity index (χ1) is 26.4. The van der Waals surface area contributed by atoms with Gasteiger partial charge in [-0.25, -0.2) is 9.18 Å². The van der Waals surface area contributed by atoms with E-state index in [1.807, 2.05) is 6.08 Å². The van der Waals surface area contributed by atoms with E-state index in [9.17, 15) is 33.8 Å². The van der Waals surface area contributed by atoms with Gasteiger partial charge < -0.3 is 19.7 Å². The number of hydrogen-bond acceptors (Lipinski definition) is 9. The predicted molar refractivity (Wildman–Crippen MR) is 196 cm³/mol. The Bertz CT molecular complexity index is 2310. The Morgan fingerprint density at radius 3 is 2.20 bits per heavy atom. The van der Waals surface area contributed by atoms with E-state index >= 15 is 4.79 Å². The summed E-state index contributed by atoms with van der Waals surface area (Å²) in [5.41, 5.74) is 2.76. The van der Waals surface area contributed by atoms with Crippen LogP contribution in [0.3, 0.4) is 0 Å². The van der Waals surface area contributed by atoms with Gasteiger partial charge in [-0.1, -0.05) is 41.4 Å². The number of ether oxygens (including phenoxy) is 2. The summed E-state index contributed by atoms with van der Waals surface area (Å²) in [6, 6.07) is 20.0. The fourth-order valence-corrected chi connectivity index (χ4v) is 9.34. The molecule has 4 aromatic rings. The van der Waals surface area contributed by atoms with Gasteiger partial charge >= 0.3 is 5.97 Å². The number of aromatic hydroxyl groups is 1. The maximum atomic E-state index is 15.4. The molecule has 4 amide bonds. The van der Waals surface area contributed by atoms with Crippen LogP contribution in [0, 0.1) is 29.5 Å². The van der Waals surface area contributed by atoms with Crippen LogP contribution in [0.5, 0.6) is 17.2 Å². The number of phenols is 1. The lowest BCUT2D eigenvalue weighted by Crippen LogP contribution is -2.53. The van der Waals surface area contributed by atoms with Crippen molar-refractivity contribution in [1.82, 2.24) is 5.01 Å². The molecule has 280 valence electrons. The number of phenolic OH excluding ortho intramolecular Hbond substituents is 1. The third-order valence-electron chi connectivity index (χ3n) is 11.4. The predicted octanol–water partition coefficient (Wildman–Crippen LogP) is 6.09. The number of carboxylic acids is 1. The lowest BCUT2D eigenvalue weighted by Gasteiger charge is -2.51. The topological polar surface area (TPSA) is 163 Å². The number of nitrogens with one attached hydrogen (secondary N) is 1. The maximum Gasteiger partial charge on any atom is 0.335 e. The Kier molecular flexibility index (Phi) is 8.64. The number of hydrogen-bond donors (Lipinski definition) is 3. The number of allylic oxidation sites excluding steroid dienone is 2. The number of anilines is 2. The molecule has 0 aromatic heterocycles. The average molecular weight is 766 g/mol. The molecule has 4 aliphatic rings. The Labute approximate surface area is 318 Å². The highest BCUT2D eigenvalue weighted by Crippen LogP contribution is 2.66. The zero-order valence-corrected chi connectivity index (χ0v) is 30.1. The molecule has 12 nitrogen and oxygen atoms in total. The van der Waals surface area contributed by atoms with Gasteiger partial charge in [0.15, 0.2) is 0 Å². The first-order valence-corrected chi connectivity index (χ1v) is 17.8. The minimum Gasteiger partial charge on any atom is -0.508 e. The van der Waals surface area contributed by atoms with E-state index in [4.69, 9.17) is 21.1 Å². The Morgan fingerprint density at radius 2 is 1.56 bits per heavy atom. The summed E-state index contributed by atoms with van der Waals surface area (Å²) in [4.78, 5) is 71.9. The number of rotatable bonds is 8. The zero-order chi connectivity index (χ0) is 38.9. The molecule has 2 aliphatic heterocycles. The summed E-state index contributed by atoms with van der Waals surface area (Å²) in [6.07, 6.45) is 1.89. The van der Waals surface area contributed by atoms with Crippen molar-refractivity contribution >= 4 is 52.6 Å². The number of carbonyl (C=O) groups is 5. The molecule has 6 atom stereocenters.